The molecule has 28 heavy (non-hydrogen) atoms. The van der Waals surface area contributed by atoms with E-state index in [0.717, 1.165) is 18.0 Å². The van der Waals surface area contributed by atoms with Crippen LogP contribution in [0.3, 0.4) is 0 Å². The van der Waals surface area contributed by atoms with E-state index in [9.17, 15) is 13.2 Å². The van der Waals surface area contributed by atoms with Gasteiger partial charge < -0.3 is 10.1 Å². The number of nitrogens with one attached hydrogen (secondary N) is 1. The molecule has 0 aliphatic heterocycles. The molecule has 2 aromatic carbocycles. The molecule has 0 atom stereocenters. The summed E-state index contributed by atoms with van der Waals surface area (Å²) in [6, 6.07) is 15.9. The predicted octanol–water partition coefficient (Wildman–Crippen LogP) is 6.18. The van der Waals surface area contributed by atoms with E-state index in [1.165, 1.54) is 0 Å². The first-order valence-electron chi connectivity index (χ1n) is 8.53. The molecule has 0 aliphatic carbocycles. The van der Waals surface area contributed by atoms with Gasteiger partial charge in [0.15, 0.2) is 0 Å². The van der Waals surface area contributed by atoms with E-state index >= 15 is 0 Å². The zero-order chi connectivity index (χ0) is 20.1. The molecule has 1 N–H and O–H groups in total. The van der Waals surface area contributed by atoms with Crippen LogP contribution in [0.15, 0.2) is 70.7 Å². The van der Waals surface area contributed by atoms with Gasteiger partial charge in [0.2, 0.25) is 5.95 Å². The van der Waals surface area contributed by atoms with Gasteiger partial charge in [-0.2, -0.15) is 13.2 Å². The lowest BCUT2D eigenvalue weighted by molar-refractivity contribution is -0.140. The highest BCUT2D eigenvalue weighted by atomic mass is 32.2. The summed E-state index contributed by atoms with van der Waals surface area (Å²) < 4.78 is 45.9. The molecule has 0 radical (unpaired) electrons. The van der Waals surface area contributed by atoms with E-state index in [1.807, 2.05) is 19.9 Å². The Balaban J connectivity index is 1.94. The minimum atomic E-state index is -4.55. The smallest absolute Gasteiger partial charge is 0.420 e. The van der Waals surface area contributed by atoms with Gasteiger partial charge in [-0.15, -0.1) is 0 Å². The number of rotatable bonds is 6. The standard InChI is InChI=1S/C20H18F3N3OS/c1-13(2)27-17-11-7-6-10-16(17)25-19-24-12-15(20(21,22)23)18(26-19)28-14-8-4-3-5-9-14/h3-13H,1-2H3,(H,24,25,26). The van der Waals surface area contributed by atoms with Crippen LogP contribution in [0.5, 0.6) is 5.75 Å². The summed E-state index contributed by atoms with van der Waals surface area (Å²) in [5.41, 5.74) is -0.301. The molecule has 3 aromatic rings. The van der Waals surface area contributed by atoms with Crippen LogP contribution in [0, 0.1) is 0 Å². The maximum Gasteiger partial charge on any atom is 0.420 e. The monoisotopic (exact) mass is 405 g/mol. The van der Waals surface area contributed by atoms with E-state index in [2.05, 4.69) is 15.3 Å². The molecule has 0 bridgehead atoms. The van der Waals surface area contributed by atoms with Gasteiger partial charge >= 0.3 is 6.18 Å². The van der Waals surface area contributed by atoms with E-state index in [1.54, 1.807) is 48.5 Å². The number of alkyl halides is 3. The van der Waals surface area contributed by atoms with Crippen LogP contribution in [0.2, 0.25) is 0 Å². The number of hydrogen-bond donors (Lipinski definition) is 1. The van der Waals surface area contributed by atoms with E-state index in [0.29, 0.717) is 16.3 Å². The lowest BCUT2D eigenvalue weighted by Crippen LogP contribution is -2.11. The summed E-state index contributed by atoms with van der Waals surface area (Å²) in [5.74, 6) is 0.629. The highest BCUT2D eigenvalue weighted by Crippen LogP contribution is 2.39. The van der Waals surface area contributed by atoms with Crippen LogP contribution in [-0.2, 0) is 6.18 Å². The second-order valence-corrected chi connectivity index (χ2v) is 7.18. The topological polar surface area (TPSA) is 47.0 Å². The van der Waals surface area contributed by atoms with Crippen LogP contribution < -0.4 is 10.1 Å². The predicted molar refractivity (Wildman–Crippen MR) is 103 cm³/mol. The first-order chi connectivity index (χ1) is 13.3. The Morgan fingerprint density at radius 1 is 1.00 bits per heavy atom. The molecular formula is C20H18F3N3OS. The number of aromatic nitrogens is 2. The molecule has 0 aliphatic rings. The number of para-hydroxylation sites is 2. The fourth-order valence-electron chi connectivity index (χ4n) is 2.35. The molecule has 8 heteroatoms. The summed E-state index contributed by atoms with van der Waals surface area (Å²) in [6.07, 6.45) is -3.80. The Bertz CT molecular complexity index is 933. The van der Waals surface area contributed by atoms with E-state index in [-0.39, 0.29) is 17.1 Å². The molecule has 0 spiro atoms. The Hall–Kier alpha value is -2.74. The Morgan fingerprint density at radius 3 is 2.36 bits per heavy atom. The van der Waals surface area contributed by atoms with Crippen molar-refractivity contribution < 1.29 is 17.9 Å². The first kappa shape index (κ1) is 20.0. The fourth-order valence-corrected chi connectivity index (χ4v) is 3.27. The normalized spacial score (nSPS) is 11.5. The Morgan fingerprint density at radius 2 is 1.68 bits per heavy atom. The first-order valence-corrected chi connectivity index (χ1v) is 9.34. The minimum absolute atomic E-state index is 0.0549. The Labute approximate surface area is 165 Å². The average Bonchev–Trinajstić information content (AvgIpc) is 2.63. The minimum Gasteiger partial charge on any atom is -0.489 e. The van der Waals surface area contributed by atoms with Crippen molar-refractivity contribution in [1.82, 2.24) is 9.97 Å². The summed E-state index contributed by atoms with van der Waals surface area (Å²) in [7, 11) is 0. The molecule has 0 unspecified atom stereocenters. The lowest BCUT2D eigenvalue weighted by Gasteiger charge is -2.16. The SMILES string of the molecule is CC(C)Oc1ccccc1Nc1ncc(C(F)(F)F)c(Sc2ccccc2)n1. The lowest BCUT2D eigenvalue weighted by atomic mass is 10.3. The summed E-state index contributed by atoms with van der Waals surface area (Å²) in [6.45, 7) is 3.78. The van der Waals surface area contributed by atoms with Crippen molar-refractivity contribution in [2.24, 2.45) is 0 Å². The van der Waals surface area contributed by atoms with Crippen molar-refractivity contribution in [1.29, 1.82) is 0 Å². The highest BCUT2D eigenvalue weighted by molar-refractivity contribution is 7.99. The maximum atomic E-state index is 13.4. The van der Waals surface area contributed by atoms with Gasteiger partial charge in [-0.1, -0.05) is 42.1 Å². The Kier molecular flexibility index (Phi) is 6.08. The number of halogens is 3. The van der Waals surface area contributed by atoms with E-state index in [4.69, 9.17) is 4.74 Å². The third-order valence-electron chi connectivity index (χ3n) is 3.51. The summed E-state index contributed by atoms with van der Waals surface area (Å²) >= 11 is 0.938. The molecule has 146 valence electrons. The summed E-state index contributed by atoms with van der Waals surface area (Å²) in [5, 5.41) is 2.79. The number of ether oxygens (including phenoxy) is 1. The van der Waals surface area contributed by atoms with Gasteiger partial charge in [0.05, 0.1) is 11.8 Å². The van der Waals surface area contributed by atoms with Crippen LogP contribution in [0.25, 0.3) is 0 Å². The molecule has 1 aromatic heterocycles. The molecule has 4 nitrogen and oxygen atoms in total. The fraction of sp³-hybridized carbons (Fsp3) is 0.200. The quantitative estimate of drug-likeness (QED) is 0.497. The number of nitrogens with zero attached hydrogens (tertiary/aromatic N) is 2. The third-order valence-corrected chi connectivity index (χ3v) is 4.53. The van der Waals surface area contributed by atoms with Gasteiger partial charge in [-0.05, 0) is 38.1 Å². The van der Waals surface area contributed by atoms with Crippen LogP contribution in [0.4, 0.5) is 24.8 Å². The van der Waals surface area contributed by atoms with Crippen molar-refractivity contribution in [2.75, 3.05) is 5.32 Å². The highest BCUT2D eigenvalue weighted by Gasteiger charge is 2.35. The number of anilines is 2. The molecule has 0 saturated carbocycles. The van der Waals surface area contributed by atoms with Crippen molar-refractivity contribution >= 4 is 23.4 Å². The van der Waals surface area contributed by atoms with Crippen molar-refractivity contribution in [3.05, 3.63) is 66.4 Å². The van der Waals surface area contributed by atoms with Gasteiger partial charge in [0.25, 0.3) is 0 Å². The second-order valence-electron chi connectivity index (χ2n) is 6.11. The van der Waals surface area contributed by atoms with Crippen LogP contribution in [-0.4, -0.2) is 16.1 Å². The maximum absolute atomic E-state index is 13.4. The van der Waals surface area contributed by atoms with Crippen LogP contribution >= 0.6 is 11.8 Å². The van der Waals surface area contributed by atoms with Gasteiger partial charge in [0.1, 0.15) is 16.3 Å². The molecule has 3 rings (SSSR count). The largest absolute Gasteiger partial charge is 0.489 e. The van der Waals surface area contributed by atoms with Crippen molar-refractivity contribution in [3.63, 3.8) is 0 Å². The number of hydrogen-bond acceptors (Lipinski definition) is 5. The number of benzene rings is 2. The molecule has 1 heterocycles. The van der Waals surface area contributed by atoms with Gasteiger partial charge in [-0.3, -0.25) is 0 Å². The van der Waals surface area contributed by atoms with Crippen LogP contribution in [0.1, 0.15) is 19.4 Å². The van der Waals surface area contributed by atoms with Gasteiger partial charge in [0, 0.05) is 11.1 Å². The van der Waals surface area contributed by atoms with E-state index < -0.39 is 11.7 Å². The molecule has 0 amide bonds. The average molecular weight is 405 g/mol. The third kappa shape index (κ3) is 5.16. The second kappa shape index (κ2) is 8.52. The van der Waals surface area contributed by atoms with Crippen molar-refractivity contribution in [2.45, 2.75) is 36.0 Å². The molecular weight excluding hydrogens is 387 g/mol. The van der Waals surface area contributed by atoms with Crippen molar-refractivity contribution in [3.8, 4) is 5.75 Å². The molecule has 0 fully saturated rings. The summed E-state index contributed by atoms with van der Waals surface area (Å²) in [4.78, 5) is 8.62. The van der Waals surface area contributed by atoms with Gasteiger partial charge in [-0.25, -0.2) is 9.97 Å². The zero-order valence-corrected chi connectivity index (χ0v) is 16.0. The zero-order valence-electron chi connectivity index (χ0n) is 15.2. The molecule has 0 saturated heterocycles.